The first-order valence-corrected chi connectivity index (χ1v) is 6.80. The van der Waals surface area contributed by atoms with E-state index in [1.54, 1.807) is 23.1 Å². The maximum absolute atomic E-state index is 12.6. The molecule has 1 aromatic carbocycles. The normalized spacial score (nSPS) is 11.2. The Morgan fingerprint density at radius 2 is 1.90 bits per heavy atom. The fraction of sp³-hybridized carbons (Fsp3) is 0.467. The third-order valence-electron chi connectivity index (χ3n) is 3.01. The Hall–Kier alpha value is -1.55. The van der Waals surface area contributed by atoms with Crippen LogP contribution in [0.1, 0.15) is 43.1 Å². The molecule has 1 aromatic rings. The molecule has 0 aromatic heterocycles. The summed E-state index contributed by atoms with van der Waals surface area (Å²) in [5.74, 6) is -1.10. The number of amides is 1. The molecule has 0 radical (unpaired) electrons. The van der Waals surface area contributed by atoms with Crippen LogP contribution >= 0.6 is 11.6 Å². The lowest BCUT2D eigenvalue weighted by molar-refractivity contribution is -0.137. The molecule has 0 atom stereocenters. The minimum atomic E-state index is -0.917. The van der Waals surface area contributed by atoms with Crippen LogP contribution in [-0.2, 0) is 4.79 Å². The van der Waals surface area contributed by atoms with Gasteiger partial charge in [0.1, 0.15) is 0 Å². The first-order valence-electron chi connectivity index (χ1n) is 6.43. The van der Waals surface area contributed by atoms with Gasteiger partial charge in [0.2, 0.25) is 0 Å². The highest BCUT2D eigenvalue weighted by Gasteiger charge is 2.27. The number of nitrogens with zero attached hydrogens (tertiary/aromatic N) is 1. The second-order valence-corrected chi connectivity index (χ2v) is 6.14. The summed E-state index contributed by atoms with van der Waals surface area (Å²) >= 11 is 5.95. The quantitative estimate of drug-likeness (QED) is 0.927. The van der Waals surface area contributed by atoms with Gasteiger partial charge >= 0.3 is 5.97 Å². The topological polar surface area (TPSA) is 57.6 Å². The summed E-state index contributed by atoms with van der Waals surface area (Å²) in [5, 5.41) is 9.41. The van der Waals surface area contributed by atoms with E-state index in [4.69, 9.17) is 16.7 Å². The number of carboxylic acids is 1. The lowest BCUT2D eigenvalue weighted by atomic mass is 10.0. The van der Waals surface area contributed by atoms with Crippen molar-refractivity contribution in [2.45, 2.75) is 39.7 Å². The zero-order valence-corrected chi connectivity index (χ0v) is 13.0. The van der Waals surface area contributed by atoms with E-state index < -0.39 is 11.5 Å². The van der Waals surface area contributed by atoms with Crippen molar-refractivity contribution in [1.29, 1.82) is 0 Å². The molecule has 20 heavy (non-hydrogen) atoms. The molecule has 0 aliphatic carbocycles. The highest BCUT2D eigenvalue weighted by Crippen LogP contribution is 2.21. The van der Waals surface area contributed by atoms with Gasteiger partial charge in [-0.1, -0.05) is 11.6 Å². The Labute approximate surface area is 124 Å². The van der Waals surface area contributed by atoms with Gasteiger partial charge in [0.25, 0.3) is 5.91 Å². The summed E-state index contributed by atoms with van der Waals surface area (Å²) in [4.78, 5) is 24.9. The summed E-state index contributed by atoms with van der Waals surface area (Å²) in [6.07, 6.45) is -0.0738. The van der Waals surface area contributed by atoms with Crippen molar-refractivity contribution in [3.63, 3.8) is 0 Å². The van der Waals surface area contributed by atoms with Gasteiger partial charge in [0.05, 0.1) is 6.42 Å². The summed E-state index contributed by atoms with van der Waals surface area (Å²) in [6, 6.07) is 5.07. The van der Waals surface area contributed by atoms with Gasteiger partial charge in [-0.25, -0.2) is 0 Å². The molecule has 0 aliphatic heterocycles. The molecule has 0 saturated carbocycles. The molecule has 0 saturated heterocycles. The molecule has 0 unspecified atom stereocenters. The molecule has 4 nitrogen and oxygen atoms in total. The summed E-state index contributed by atoms with van der Waals surface area (Å²) < 4.78 is 0. The number of aliphatic carboxylic acids is 1. The first-order chi connectivity index (χ1) is 9.12. The van der Waals surface area contributed by atoms with Crippen LogP contribution in [-0.4, -0.2) is 34.0 Å². The molecule has 0 heterocycles. The van der Waals surface area contributed by atoms with Crippen molar-refractivity contribution in [3.05, 3.63) is 34.3 Å². The van der Waals surface area contributed by atoms with Crippen LogP contribution in [0.5, 0.6) is 0 Å². The van der Waals surface area contributed by atoms with Crippen LogP contribution in [0.15, 0.2) is 18.2 Å². The molecule has 0 aliphatic rings. The van der Waals surface area contributed by atoms with Crippen LogP contribution in [0.3, 0.4) is 0 Å². The predicted octanol–water partition coefficient (Wildman–Crippen LogP) is 3.36. The van der Waals surface area contributed by atoms with Gasteiger partial charge in [0, 0.05) is 22.7 Å². The van der Waals surface area contributed by atoms with E-state index >= 15 is 0 Å². The summed E-state index contributed by atoms with van der Waals surface area (Å²) in [6.45, 7) is 7.66. The standard InChI is InChI=1S/C15H20ClNO3/c1-10-9-11(5-6-12(10)16)14(20)17(15(2,3)4)8-7-13(18)19/h5-6,9H,7-8H2,1-4H3,(H,18,19). The molecule has 0 spiro atoms. The van der Waals surface area contributed by atoms with E-state index in [1.807, 2.05) is 27.7 Å². The number of aryl methyl sites for hydroxylation is 1. The number of carbonyl (C=O) groups excluding carboxylic acids is 1. The zero-order valence-electron chi connectivity index (χ0n) is 12.2. The largest absolute Gasteiger partial charge is 0.481 e. The Bertz CT molecular complexity index is 520. The minimum Gasteiger partial charge on any atom is -0.481 e. The molecule has 0 bridgehead atoms. The number of hydrogen-bond acceptors (Lipinski definition) is 2. The number of carbonyl (C=O) groups is 2. The predicted molar refractivity (Wildman–Crippen MR) is 79.2 cm³/mol. The molecule has 1 rings (SSSR count). The highest BCUT2D eigenvalue weighted by molar-refractivity contribution is 6.31. The fourth-order valence-corrected chi connectivity index (χ4v) is 2.00. The van der Waals surface area contributed by atoms with Crippen LogP contribution in [0, 0.1) is 6.92 Å². The Morgan fingerprint density at radius 1 is 1.30 bits per heavy atom. The Morgan fingerprint density at radius 3 is 2.35 bits per heavy atom. The highest BCUT2D eigenvalue weighted by atomic mass is 35.5. The van der Waals surface area contributed by atoms with Crippen molar-refractivity contribution in [2.75, 3.05) is 6.54 Å². The van der Waals surface area contributed by atoms with Crippen molar-refractivity contribution >= 4 is 23.5 Å². The molecular formula is C15H20ClNO3. The second kappa shape index (κ2) is 6.27. The smallest absolute Gasteiger partial charge is 0.305 e. The number of carboxylic acid groups (broad SMARTS) is 1. The van der Waals surface area contributed by atoms with Crippen LogP contribution < -0.4 is 0 Å². The van der Waals surface area contributed by atoms with Crippen molar-refractivity contribution in [1.82, 2.24) is 4.90 Å². The Balaban J connectivity index is 3.03. The van der Waals surface area contributed by atoms with E-state index in [0.29, 0.717) is 10.6 Å². The van der Waals surface area contributed by atoms with Gasteiger partial charge < -0.3 is 10.0 Å². The van der Waals surface area contributed by atoms with E-state index in [0.717, 1.165) is 5.56 Å². The molecular weight excluding hydrogens is 278 g/mol. The van der Waals surface area contributed by atoms with Gasteiger partial charge in [-0.2, -0.15) is 0 Å². The van der Waals surface area contributed by atoms with E-state index in [2.05, 4.69) is 0 Å². The van der Waals surface area contributed by atoms with Gasteiger partial charge in [0.15, 0.2) is 0 Å². The minimum absolute atomic E-state index is 0.0738. The van der Waals surface area contributed by atoms with E-state index in [9.17, 15) is 9.59 Å². The van der Waals surface area contributed by atoms with Gasteiger partial charge in [-0.05, 0) is 51.5 Å². The van der Waals surface area contributed by atoms with E-state index in [-0.39, 0.29) is 18.9 Å². The molecule has 1 amide bonds. The van der Waals surface area contributed by atoms with Gasteiger partial charge in [-0.15, -0.1) is 0 Å². The van der Waals surface area contributed by atoms with Crippen LogP contribution in [0.25, 0.3) is 0 Å². The molecule has 5 heteroatoms. The lowest BCUT2D eigenvalue weighted by Crippen LogP contribution is -2.46. The molecule has 110 valence electrons. The van der Waals surface area contributed by atoms with Crippen molar-refractivity contribution < 1.29 is 14.7 Å². The number of rotatable bonds is 4. The Kier molecular flexibility index (Phi) is 5.17. The maximum atomic E-state index is 12.6. The number of benzene rings is 1. The number of halogens is 1. The van der Waals surface area contributed by atoms with Crippen molar-refractivity contribution in [3.8, 4) is 0 Å². The molecule has 1 N–H and O–H groups in total. The third kappa shape index (κ3) is 4.23. The summed E-state index contributed by atoms with van der Waals surface area (Å²) in [5.41, 5.74) is 0.900. The lowest BCUT2D eigenvalue weighted by Gasteiger charge is -2.35. The SMILES string of the molecule is Cc1cc(C(=O)N(CCC(=O)O)C(C)(C)C)ccc1Cl. The van der Waals surface area contributed by atoms with E-state index in [1.165, 1.54) is 0 Å². The van der Waals surface area contributed by atoms with Crippen LogP contribution in [0.4, 0.5) is 0 Å². The average molecular weight is 298 g/mol. The molecule has 0 fully saturated rings. The van der Waals surface area contributed by atoms with Gasteiger partial charge in [-0.3, -0.25) is 9.59 Å². The van der Waals surface area contributed by atoms with Crippen LogP contribution in [0.2, 0.25) is 5.02 Å². The summed E-state index contributed by atoms with van der Waals surface area (Å²) in [7, 11) is 0. The average Bonchev–Trinajstić information content (AvgIpc) is 2.30. The number of hydrogen-bond donors (Lipinski definition) is 1. The maximum Gasteiger partial charge on any atom is 0.305 e. The zero-order chi connectivity index (χ0) is 15.5. The first kappa shape index (κ1) is 16.5. The third-order valence-corrected chi connectivity index (χ3v) is 3.43. The van der Waals surface area contributed by atoms with Crippen molar-refractivity contribution in [2.24, 2.45) is 0 Å². The fourth-order valence-electron chi connectivity index (χ4n) is 1.88. The monoisotopic (exact) mass is 297 g/mol. The second-order valence-electron chi connectivity index (χ2n) is 5.74.